The van der Waals surface area contributed by atoms with E-state index in [1.54, 1.807) is 11.8 Å². The lowest BCUT2D eigenvalue weighted by Gasteiger charge is -2.05. The highest BCUT2D eigenvalue weighted by Gasteiger charge is 2.19. The van der Waals surface area contributed by atoms with E-state index in [0.29, 0.717) is 22.8 Å². The van der Waals surface area contributed by atoms with Gasteiger partial charge in [-0.05, 0) is 12.1 Å². The molecule has 0 radical (unpaired) electrons. The Hall–Kier alpha value is -1.40. The van der Waals surface area contributed by atoms with Crippen LogP contribution >= 0.6 is 23.4 Å². The number of aromatic nitrogens is 2. The number of rotatable bonds is 1. The van der Waals surface area contributed by atoms with Crippen molar-refractivity contribution in [3.63, 3.8) is 0 Å². The SMILES string of the molecule is O=c1[nH]c(-c2cc(F)c(Cl)c(F)c2)nc2c1CSC2. The minimum Gasteiger partial charge on any atom is -0.306 e. The van der Waals surface area contributed by atoms with Crippen LogP contribution in [0.25, 0.3) is 11.4 Å². The number of hydrogen-bond acceptors (Lipinski definition) is 3. The molecule has 1 N–H and O–H groups in total. The van der Waals surface area contributed by atoms with Gasteiger partial charge in [-0.2, -0.15) is 11.8 Å². The van der Waals surface area contributed by atoms with Crippen LogP contribution in [0.15, 0.2) is 16.9 Å². The molecule has 1 aliphatic rings. The van der Waals surface area contributed by atoms with Gasteiger partial charge in [-0.15, -0.1) is 0 Å². The first kappa shape index (κ1) is 12.6. The Labute approximate surface area is 116 Å². The van der Waals surface area contributed by atoms with E-state index in [1.165, 1.54) is 0 Å². The van der Waals surface area contributed by atoms with Crippen molar-refractivity contribution < 1.29 is 8.78 Å². The van der Waals surface area contributed by atoms with E-state index in [-0.39, 0.29) is 16.9 Å². The second-order valence-corrected chi connectivity index (χ2v) is 5.45. The summed E-state index contributed by atoms with van der Waals surface area (Å²) in [7, 11) is 0. The van der Waals surface area contributed by atoms with Gasteiger partial charge < -0.3 is 4.98 Å². The van der Waals surface area contributed by atoms with Gasteiger partial charge in [0.1, 0.15) is 22.5 Å². The molecule has 0 amide bonds. The smallest absolute Gasteiger partial charge is 0.255 e. The normalized spacial score (nSPS) is 13.6. The molecular formula is C12H7ClF2N2OS. The van der Waals surface area contributed by atoms with Crippen molar-refractivity contribution in [2.24, 2.45) is 0 Å². The maximum atomic E-state index is 13.4. The number of aromatic amines is 1. The van der Waals surface area contributed by atoms with Crippen LogP contribution in [0.4, 0.5) is 8.78 Å². The molecule has 1 aliphatic heterocycles. The monoisotopic (exact) mass is 300 g/mol. The van der Waals surface area contributed by atoms with Crippen molar-refractivity contribution in [3.8, 4) is 11.4 Å². The number of nitrogens with one attached hydrogen (secondary N) is 1. The Balaban J connectivity index is 2.18. The molecule has 2 heterocycles. The van der Waals surface area contributed by atoms with Crippen molar-refractivity contribution in [2.45, 2.75) is 11.5 Å². The highest BCUT2D eigenvalue weighted by molar-refractivity contribution is 7.98. The van der Waals surface area contributed by atoms with Gasteiger partial charge in [-0.25, -0.2) is 13.8 Å². The molecule has 1 aromatic heterocycles. The molecule has 0 spiro atoms. The molecule has 0 fully saturated rings. The number of halogens is 3. The average Bonchev–Trinajstić information content (AvgIpc) is 2.84. The van der Waals surface area contributed by atoms with Gasteiger partial charge in [0.05, 0.1) is 5.69 Å². The van der Waals surface area contributed by atoms with E-state index in [0.717, 1.165) is 12.1 Å². The topological polar surface area (TPSA) is 45.8 Å². The molecular weight excluding hydrogens is 294 g/mol. The Bertz CT molecular complexity index is 709. The van der Waals surface area contributed by atoms with Gasteiger partial charge >= 0.3 is 0 Å². The lowest BCUT2D eigenvalue weighted by atomic mass is 10.2. The van der Waals surface area contributed by atoms with Crippen molar-refractivity contribution in [3.05, 3.63) is 50.4 Å². The summed E-state index contributed by atoms with van der Waals surface area (Å²) in [6.07, 6.45) is 0. The van der Waals surface area contributed by atoms with Gasteiger partial charge in [0.25, 0.3) is 5.56 Å². The molecule has 0 bridgehead atoms. The number of hydrogen-bond donors (Lipinski definition) is 1. The second-order valence-electron chi connectivity index (χ2n) is 4.09. The van der Waals surface area contributed by atoms with Crippen LogP contribution in [0.5, 0.6) is 0 Å². The van der Waals surface area contributed by atoms with Crippen molar-refractivity contribution in [1.82, 2.24) is 9.97 Å². The lowest BCUT2D eigenvalue weighted by Crippen LogP contribution is -2.15. The number of nitrogens with zero attached hydrogens (tertiary/aromatic N) is 1. The summed E-state index contributed by atoms with van der Waals surface area (Å²) in [5.74, 6) is -0.365. The maximum absolute atomic E-state index is 13.4. The van der Waals surface area contributed by atoms with Crippen LogP contribution in [-0.4, -0.2) is 9.97 Å². The predicted octanol–water partition coefficient (Wildman–Crippen LogP) is 3.12. The summed E-state index contributed by atoms with van der Waals surface area (Å²) in [4.78, 5) is 18.6. The molecule has 1 aromatic carbocycles. The molecule has 0 unspecified atom stereocenters. The van der Waals surface area contributed by atoms with Crippen molar-refractivity contribution in [2.75, 3.05) is 0 Å². The van der Waals surface area contributed by atoms with E-state index >= 15 is 0 Å². The van der Waals surface area contributed by atoms with Crippen LogP contribution < -0.4 is 5.56 Å². The third kappa shape index (κ3) is 2.15. The van der Waals surface area contributed by atoms with E-state index in [9.17, 15) is 13.6 Å². The van der Waals surface area contributed by atoms with Crippen LogP contribution in [0.3, 0.4) is 0 Å². The first-order chi connectivity index (χ1) is 9.06. The first-order valence-electron chi connectivity index (χ1n) is 5.41. The fourth-order valence-electron chi connectivity index (χ4n) is 1.89. The minimum absolute atomic E-state index is 0.153. The Kier molecular flexibility index (Phi) is 3.06. The van der Waals surface area contributed by atoms with Crippen LogP contribution in [0.2, 0.25) is 5.02 Å². The Morgan fingerprint density at radius 3 is 2.63 bits per heavy atom. The molecule has 2 aromatic rings. The standard InChI is InChI=1S/C12H7ClF2N2OS/c13-10-7(14)1-5(2-8(10)15)11-16-9-4-19-3-6(9)12(18)17-11/h1-2H,3-4H2,(H,16,17,18). The van der Waals surface area contributed by atoms with Gasteiger partial charge in [0.15, 0.2) is 0 Å². The largest absolute Gasteiger partial charge is 0.306 e. The third-order valence-electron chi connectivity index (χ3n) is 2.84. The molecule has 0 aliphatic carbocycles. The number of fused-ring (bicyclic) bond motifs is 1. The van der Waals surface area contributed by atoms with Gasteiger partial charge in [0, 0.05) is 22.6 Å². The highest BCUT2D eigenvalue weighted by atomic mass is 35.5. The van der Waals surface area contributed by atoms with E-state index < -0.39 is 16.7 Å². The first-order valence-corrected chi connectivity index (χ1v) is 6.94. The quantitative estimate of drug-likeness (QED) is 0.823. The molecule has 0 saturated heterocycles. The molecule has 19 heavy (non-hydrogen) atoms. The second kappa shape index (κ2) is 4.61. The molecule has 3 nitrogen and oxygen atoms in total. The van der Waals surface area contributed by atoms with Crippen molar-refractivity contribution >= 4 is 23.4 Å². The summed E-state index contributed by atoms with van der Waals surface area (Å²) in [6, 6.07) is 2.11. The highest BCUT2D eigenvalue weighted by Crippen LogP contribution is 2.29. The van der Waals surface area contributed by atoms with Gasteiger partial charge in [0.2, 0.25) is 0 Å². The Morgan fingerprint density at radius 2 is 1.95 bits per heavy atom. The number of benzene rings is 1. The van der Waals surface area contributed by atoms with E-state index in [2.05, 4.69) is 9.97 Å². The average molecular weight is 301 g/mol. The summed E-state index contributed by atoms with van der Waals surface area (Å²) in [5.41, 5.74) is 1.19. The van der Waals surface area contributed by atoms with Crippen LogP contribution in [-0.2, 0) is 11.5 Å². The lowest BCUT2D eigenvalue weighted by molar-refractivity contribution is 0.584. The van der Waals surface area contributed by atoms with Crippen LogP contribution in [0, 0.1) is 11.6 Å². The Morgan fingerprint density at radius 1 is 1.26 bits per heavy atom. The molecule has 0 saturated carbocycles. The summed E-state index contributed by atoms with van der Waals surface area (Å²) in [5, 5.41) is -0.567. The fourth-order valence-corrected chi connectivity index (χ4v) is 3.04. The van der Waals surface area contributed by atoms with Crippen molar-refractivity contribution in [1.29, 1.82) is 0 Å². The maximum Gasteiger partial charge on any atom is 0.255 e. The molecule has 98 valence electrons. The zero-order chi connectivity index (χ0) is 13.6. The van der Waals surface area contributed by atoms with Gasteiger partial charge in [-0.1, -0.05) is 11.6 Å². The predicted molar refractivity (Wildman–Crippen MR) is 70.2 cm³/mol. The van der Waals surface area contributed by atoms with Crippen LogP contribution in [0.1, 0.15) is 11.3 Å². The molecule has 0 atom stereocenters. The van der Waals surface area contributed by atoms with Gasteiger partial charge in [-0.3, -0.25) is 4.79 Å². The third-order valence-corrected chi connectivity index (χ3v) is 4.17. The van der Waals surface area contributed by atoms with E-state index in [1.807, 2.05) is 0 Å². The zero-order valence-corrected chi connectivity index (χ0v) is 11.0. The van der Waals surface area contributed by atoms with E-state index in [4.69, 9.17) is 11.6 Å². The zero-order valence-electron chi connectivity index (χ0n) is 9.47. The minimum atomic E-state index is -0.880. The number of H-pyrrole nitrogens is 1. The number of thioether (sulfide) groups is 1. The fraction of sp³-hybridized carbons (Fsp3) is 0.167. The molecule has 3 rings (SSSR count). The summed E-state index contributed by atoms with van der Waals surface area (Å²) < 4.78 is 26.8. The summed E-state index contributed by atoms with van der Waals surface area (Å²) in [6.45, 7) is 0. The summed E-state index contributed by atoms with van der Waals surface area (Å²) >= 11 is 6.99. The molecule has 7 heteroatoms.